The van der Waals surface area contributed by atoms with Gasteiger partial charge in [-0.3, -0.25) is 19.5 Å². The van der Waals surface area contributed by atoms with Gasteiger partial charge in [0.1, 0.15) is 11.8 Å². The predicted molar refractivity (Wildman–Crippen MR) is 102 cm³/mol. The zero-order valence-corrected chi connectivity index (χ0v) is 16.6. The summed E-state index contributed by atoms with van der Waals surface area (Å²) in [5, 5.41) is 2.96. The number of nitrogens with zero attached hydrogens (tertiary/aromatic N) is 2. The number of carbonyl (C=O) groups excluding carboxylic acids is 2. The fourth-order valence-corrected chi connectivity index (χ4v) is 4.34. The van der Waals surface area contributed by atoms with Crippen LogP contribution in [0.1, 0.15) is 58.4 Å². The normalized spacial score (nSPS) is 27.9. The summed E-state index contributed by atoms with van der Waals surface area (Å²) in [5.74, 6) is 0.616. The van der Waals surface area contributed by atoms with Crippen molar-refractivity contribution in [2.75, 3.05) is 6.61 Å². The lowest BCUT2D eigenvalue weighted by molar-refractivity contribution is -0.163. The van der Waals surface area contributed by atoms with E-state index in [0.717, 1.165) is 31.2 Å². The zero-order chi connectivity index (χ0) is 19.4. The monoisotopic (exact) mass is 373 g/mol. The Labute approximate surface area is 161 Å². The van der Waals surface area contributed by atoms with Gasteiger partial charge >= 0.3 is 0 Å². The van der Waals surface area contributed by atoms with E-state index in [2.05, 4.69) is 17.2 Å². The maximum Gasteiger partial charge on any atom is 0.245 e. The Balaban J connectivity index is 1.76. The number of rotatable bonds is 5. The fraction of sp³-hybridized carbons (Fsp3) is 0.667. The quantitative estimate of drug-likeness (QED) is 0.861. The maximum atomic E-state index is 13.1. The van der Waals surface area contributed by atoms with Crippen LogP contribution in [0.25, 0.3) is 0 Å². The SMILES string of the molecule is CC(C)CC(=O)N1C(C(=O)NCc2cccnc2)COC12CCCC(C)C2. The Morgan fingerprint density at radius 2 is 2.26 bits per heavy atom. The van der Waals surface area contributed by atoms with Gasteiger partial charge in [-0.25, -0.2) is 0 Å². The molecule has 3 unspecified atom stereocenters. The van der Waals surface area contributed by atoms with Crippen molar-refractivity contribution in [1.82, 2.24) is 15.2 Å². The molecule has 2 heterocycles. The number of nitrogens with one attached hydrogen (secondary N) is 1. The molecule has 0 bridgehead atoms. The van der Waals surface area contributed by atoms with Crippen LogP contribution in [0.5, 0.6) is 0 Å². The molecular weight excluding hydrogens is 342 g/mol. The van der Waals surface area contributed by atoms with Crippen LogP contribution in [0, 0.1) is 11.8 Å². The molecule has 1 saturated heterocycles. The summed E-state index contributed by atoms with van der Waals surface area (Å²) in [6.07, 6.45) is 7.67. The number of pyridine rings is 1. The van der Waals surface area contributed by atoms with Gasteiger partial charge in [0.25, 0.3) is 0 Å². The van der Waals surface area contributed by atoms with Gasteiger partial charge in [-0.2, -0.15) is 0 Å². The lowest BCUT2D eigenvalue weighted by atomic mass is 9.83. The van der Waals surface area contributed by atoms with Gasteiger partial charge in [0.05, 0.1) is 6.61 Å². The summed E-state index contributed by atoms with van der Waals surface area (Å²) >= 11 is 0. The highest BCUT2D eigenvalue weighted by atomic mass is 16.5. The lowest BCUT2D eigenvalue weighted by Crippen LogP contribution is -2.57. The molecule has 2 amide bonds. The van der Waals surface area contributed by atoms with Gasteiger partial charge in [-0.15, -0.1) is 0 Å². The van der Waals surface area contributed by atoms with Crippen molar-refractivity contribution in [1.29, 1.82) is 0 Å². The summed E-state index contributed by atoms with van der Waals surface area (Å²) < 4.78 is 6.18. The number of aromatic nitrogens is 1. The Morgan fingerprint density at radius 1 is 1.44 bits per heavy atom. The summed E-state index contributed by atoms with van der Waals surface area (Å²) in [5.41, 5.74) is 0.325. The van der Waals surface area contributed by atoms with Crippen molar-refractivity contribution < 1.29 is 14.3 Å². The highest BCUT2D eigenvalue weighted by Crippen LogP contribution is 2.43. The predicted octanol–water partition coefficient (Wildman–Crippen LogP) is 2.88. The zero-order valence-electron chi connectivity index (χ0n) is 16.6. The minimum Gasteiger partial charge on any atom is -0.353 e. The topological polar surface area (TPSA) is 71.5 Å². The third kappa shape index (κ3) is 4.49. The number of carbonyl (C=O) groups is 2. The molecule has 1 aromatic rings. The number of hydrogen-bond donors (Lipinski definition) is 1. The summed E-state index contributed by atoms with van der Waals surface area (Å²) in [6.45, 7) is 6.93. The summed E-state index contributed by atoms with van der Waals surface area (Å²) in [7, 11) is 0. The van der Waals surface area contributed by atoms with E-state index in [1.54, 1.807) is 17.3 Å². The van der Waals surface area contributed by atoms with Crippen molar-refractivity contribution in [3.05, 3.63) is 30.1 Å². The molecule has 0 aromatic carbocycles. The molecule has 2 aliphatic rings. The standard InChI is InChI=1S/C21H31N3O3/c1-15(2)10-19(25)24-18(14-27-21(24)8-4-6-16(3)11-21)20(26)23-13-17-7-5-9-22-12-17/h5,7,9,12,15-16,18H,4,6,8,10-11,13-14H2,1-3H3,(H,23,26). The summed E-state index contributed by atoms with van der Waals surface area (Å²) in [6, 6.07) is 3.21. The average molecular weight is 373 g/mol. The molecule has 1 N–H and O–H groups in total. The molecule has 1 aliphatic carbocycles. The van der Waals surface area contributed by atoms with Gasteiger partial charge in [-0.1, -0.05) is 33.3 Å². The second kappa shape index (κ2) is 8.38. The molecular formula is C21H31N3O3. The second-order valence-corrected chi connectivity index (χ2v) is 8.42. The highest BCUT2D eigenvalue weighted by Gasteiger charge is 2.53. The van der Waals surface area contributed by atoms with Crippen molar-refractivity contribution in [2.24, 2.45) is 11.8 Å². The van der Waals surface area contributed by atoms with E-state index in [-0.39, 0.29) is 24.3 Å². The van der Waals surface area contributed by atoms with Gasteiger partial charge < -0.3 is 10.1 Å². The van der Waals surface area contributed by atoms with Crippen LogP contribution in [-0.2, 0) is 20.9 Å². The number of amides is 2. The number of hydrogen-bond acceptors (Lipinski definition) is 4. The fourth-order valence-electron chi connectivity index (χ4n) is 4.34. The third-order valence-corrected chi connectivity index (χ3v) is 5.54. The van der Waals surface area contributed by atoms with Crippen LogP contribution < -0.4 is 5.32 Å². The van der Waals surface area contributed by atoms with E-state index in [9.17, 15) is 9.59 Å². The van der Waals surface area contributed by atoms with Crippen molar-refractivity contribution in [3.8, 4) is 0 Å². The van der Waals surface area contributed by atoms with E-state index >= 15 is 0 Å². The second-order valence-electron chi connectivity index (χ2n) is 8.42. The molecule has 2 fully saturated rings. The van der Waals surface area contributed by atoms with Crippen LogP contribution in [0.3, 0.4) is 0 Å². The van der Waals surface area contributed by atoms with E-state index in [1.165, 1.54) is 0 Å². The van der Waals surface area contributed by atoms with E-state index in [4.69, 9.17) is 4.74 Å². The van der Waals surface area contributed by atoms with Gasteiger partial charge in [0, 0.05) is 25.4 Å². The minimum absolute atomic E-state index is 0.0260. The third-order valence-electron chi connectivity index (χ3n) is 5.54. The lowest BCUT2D eigenvalue weighted by Gasteiger charge is -2.43. The van der Waals surface area contributed by atoms with E-state index in [0.29, 0.717) is 18.9 Å². The van der Waals surface area contributed by atoms with Gasteiger partial charge in [-0.05, 0) is 42.7 Å². The Hall–Kier alpha value is -1.95. The highest BCUT2D eigenvalue weighted by molar-refractivity contribution is 5.88. The van der Waals surface area contributed by atoms with Crippen molar-refractivity contribution in [3.63, 3.8) is 0 Å². The molecule has 3 rings (SSSR count). The van der Waals surface area contributed by atoms with Crippen molar-refractivity contribution >= 4 is 11.8 Å². The van der Waals surface area contributed by atoms with Crippen LogP contribution in [-0.4, -0.2) is 40.1 Å². The van der Waals surface area contributed by atoms with Gasteiger partial charge in [0.2, 0.25) is 11.8 Å². The number of ether oxygens (including phenoxy) is 1. The Morgan fingerprint density at radius 3 is 2.93 bits per heavy atom. The molecule has 27 heavy (non-hydrogen) atoms. The Bertz CT molecular complexity index is 664. The van der Waals surface area contributed by atoms with Crippen LogP contribution >= 0.6 is 0 Å². The molecule has 6 heteroatoms. The first kappa shape index (κ1) is 19.8. The van der Waals surface area contributed by atoms with Crippen LogP contribution in [0.2, 0.25) is 0 Å². The first-order chi connectivity index (χ1) is 12.9. The summed E-state index contributed by atoms with van der Waals surface area (Å²) in [4.78, 5) is 31.9. The first-order valence-electron chi connectivity index (χ1n) is 10.0. The Kier molecular flexibility index (Phi) is 6.15. The minimum atomic E-state index is -0.611. The van der Waals surface area contributed by atoms with E-state index < -0.39 is 11.8 Å². The maximum absolute atomic E-state index is 13.1. The molecule has 1 aliphatic heterocycles. The van der Waals surface area contributed by atoms with Crippen molar-refractivity contribution in [2.45, 2.75) is 71.2 Å². The molecule has 1 saturated carbocycles. The van der Waals surface area contributed by atoms with Crippen LogP contribution in [0.4, 0.5) is 0 Å². The molecule has 1 spiro atoms. The first-order valence-corrected chi connectivity index (χ1v) is 10.0. The molecule has 1 aromatic heterocycles. The smallest absolute Gasteiger partial charge is 0.245 e. The van der Waals surface area contributed by atoms with Gasteiger partial charge in [0.15, 0.2) is 0 Å². The van der Waals surface area contributed by atoms with Crippen LogP contribution in [0.15, 0.2) is 24.5 Å². The largest absolute Gasteiger partial charge is 0.353 e. The van der Waals surface area contributed by atoms with E-state index in [1.807, 2.05) is 26.0 Å². The average Bonchev–Trinajstić information content (AvgIpc) is 2.98. The molecule has 3 atom stereocenters. The molecule has 148 valence electrons. The molecule has 6 nitrogen and oxygen atoms in total. The molecule has 0 radical (unpaired) electrons.